The molecule has 0 bridgehead atoms. The molecular weight excluding hydrogens is 190 g/mol. The molecule has 0 aliphatic rings. The fourth-order valence-corrected chi connectivity index (χ4v) is 1.62. The fourth-order valence-electron chi connectivity index (χ4n) is 0.757. The Hall–Kier alpha value is -0.980. The van der Waals surface area contributed by atoms with E-state index in [2.05, 4.69) is 4.98 Å². The van der Waals surface area contributed by atoms with E-state index in [1.807, 2.05) is 0 Å². The summed E-state index contributed by atoms with van der Waals surface area (Å²) in [5.74, 6) is -3.39. The molecule has 12 heavy (non-hydrogen) atoms. The van der Waals surface area contributed by atoms with E-state index in [1.165, 1.54) is 19.4 Å². The van der Waals surface area contributed by atoms with Gasteiger partial charge in [0.1, 0.15) is 12.4 Å². The van der Waals surface area contributed by atoms with Crippen LogP contribution < -0.4 is 4.57 Å². The van der Waals surface area contributed by atoms with E-state index in [0.29, 0.717) is 0 Å². The molecule has 0 aliphatic heterocycles. The molecule has 68 valence electrons. The average Bonchev–Trinajstić information content (AvgIpc) is 2.35. The first-order valence-electron chi connectivity index (χ1n) is 3.01. The normalized spacial score (nSPS) is 12.3. The molecule has 0 saturated carbocycles. The number of H-pyrrole nitrogens is 1. The Bertz CT molecular complexity index is 371. The number of hydrogen-bond donors (Lipinski definition) is 1. The number of nitrogens with zero attached hydrogens (tertiary/aromatic N) is 1. The Morgan fingerprint density at radius 3 is 2.50 bits per heavy atom. The predicted molar refractivity (Wildman–Crippen MR) is 35.2 cm³/mol. The molecule has 0 radical (unpaired) electrons. The lowest BCUT2D eigenvalue weighted by Gasteiger charge is -1.95. The lowest BCUT2D eigenvalue weighted by atomic mass is 10.9. The third-order valence-corrected chi connectivity index (χ3v) is 2.74. The second-order valence-corrected chi connectivity index (χ2v) is 4.01. The number of sulfone groups is 1. The maximum absolute atomic E-state index is 11.9. The molecule has 1 N–H and O–H groups in total. The molecule has 0 aromatic carbocycles. The molecular formula is C5H7F2N2O2S+. The number of nitrogens with one attached hydrogen (secondary N) is 1. The van der Waals surface area contributed by atoms with Crippen molar-refractivity contribution in [3.8, 4) is 0 Å². The Labute approximate surface area is 67.8 Å². The smallest absolute Gasteiger partial charge is 0.233 e. The SMILES string of the molecule is C[n+]1cc[nH]c1S(=O)(=O)C(F)F. The van der Waals surface area contributed by atoms with E-state index < -0.39 is 20.8 Å². The summed E-state index contributed by atoms with van der Waals surface area (Å²) in [5.41, 5.74) is 0. The van der Waals surface area contributed by atoms with Crippen molar-refractivity contribution in [2.24, 2.45) is 7.05 Å². The molecule has 0 amide bonds. The van der Waals surface area contributed by atoms with E-state index in [1.54, 1.807) is 0 Å². The zero-order chi connectivity index (χ0) is 9.35. The standard InChI is InChI=1S/C5H6F2N2O2S/c1-9-3-2-8-5(9)12(10,11)4(6)7/h2-4H,1H3/p+1. The van der Waals surface area contributed by atoms with Crippen LogP contribution in [0.1, 0.15) is 0 Å². The predicted octanol–water partition coefficient (Wildman–Crippen LogP) is -0.164. The first kappa shape index (κ1) is 9.11. The van der Waals surface area contributed by atoms with Crippen LogP contribution in [0.2, 0.25) is 0 Å². The minimum atomic E-state index is -4.49. The lowest BCUT2D eigenvalue weighted by molar-refractivity contribution is -0.709. The van der Waals surface area contributed by atoms with Crippen molar-refractivity contribution >= 4 is 9.84 Å². The van der Waals surface area contributed by atoms with Gasteiger partial charge in [0.2, 0.25) is 0 Å². The summed E-state index contributed by atoms with van der Waals surface area (Å²) < 4.78 is 46.6. The van der Waals surface area contributed by atoms with Crippen LogP contribution in [0, 0.1) is 0 Å². The number of hydrogen-bond acceptors (Lipinski definition) is 2. The number of aryl methyl sites for hydroxylation is 1. The summed E-state index contributed by atoms with van der Waals surface area (Å²) in [7, 11) is -3.12. The molecule has 7 heteroatoms. The van der Waals surface area contributed by atoms with Gasteiger partial charge in [-0.1, -0.05) is 0 Å². The second-order valence-electron chi connectivity index (χ2n) is 2.18. The van der Waals surface area contributed by atoms with Crippen LogP contribution in [0.15, 0.2) is 17.6 Å². The Kier molecular flexibility index (Phi) is 2.14. The number of imidazole rings is 1. The summed E-state index contributed by atoms with van der Waals surface area (Å²) in [5, 5.41) is -0.488. The number of alkyl halides is 2. The van der Waals surface area contributed by atoms with Crippen molar-refractivity contribution in [2.45, 2.75) is 10.9 Å². The van der Waals surface area contributed by atoms with Gasteiger partial charge in [-0.3, -0.25) is 0 Å². The highest BCUT2D eigenvalue weighted by Gasteiger charge is 2.35. The molecule has 1 aromatic rings. The monoisotopic (exact) mass is 197 g/mol. The van der Waals surface area contributed by atoms with E-state index in [9.17, 15) is 17.2 Å². The van der Waals surface area contributed by atoms with E-state index in [-0.39, 0.29) is 0 Å². The quantitative estimate of drug-likeness (QED) is 0.669. The highest BCUT2D eigenvalue weighted by atomic mass is 32.2. The first-order valence-corrected chi connectivity index (χ1v) is 4.56. The second kappa shape index (κ2) is 2.81. The molecule has 0 saturated heterocycles. The van der Waals surface area contributed by atoms with Gasteiger partial charge in [0, 0.05) is 0 Å². The average molecular weight is 197 g/mol. The van der Waals surface area contributed by atoms with Gasteiger partial charge >= 0.3 is 20.8 Å². The topological polar surface area (TPSA) is 53.8 Å². The minimum Gasteiger partial charge on any atom is -0.233 e. The third kappa shape index (κ3) is 1.31. The van der Waals surface area contributed by atoms with Gasteiger partial charge in [-0.25, -0.2) is 18.0 Å². The summed E-state index contributed by atoms with van der Waals surface area (Å²) in [6.07, 6.45) is 2.62. The Balaban J connectivity index is 3.24. The summed E-state index contributed by atoms with van der Waals surface area (Å²) >= 11 is 0. The van der Waals surface area contributed by atoms with E-state index in [0.717, 1.165) is 4.57 Å². The third-order valence-electron chi connectivity index (χ3n) is 1.33. The van der Waals surface area contributed by atoms with Crippen molar-refractivity contribution in [1.82, 2.24) is 4.98 Å². The van der Waals surface area contributed by atoms with Crippen molar-refractivity contribution in [2.75, 3.05) is 0 Å². The largest absolute Gasteiger partial charge is 0.379 e. The molecule has 0 unspecified atom stereocenters. The molecule has 4 nitrogen and oxygen atoms in total. The Morgan fingerprint density at radius 2 is 2.17 bits per heavy atom. The van der Waals surface area contributed by atoms with Crippen LogP contribution in [0.25, 0.3) is 0 Å². The van der Waals surface area contributed by atoms with Crippen LogP contribution >= 0.6 is 0 Å². The highest BCUT2D eigenvalue weighted by Crippen LogP contribution is 2.11. The van der Waals surface area contributed by atoms with Crippen molar-refractivity contribution in [3.05, 3.63) is 12.4 Å². The van der Waals surface area contributed by atoms with Gasteiger partial charge in [-0.15, -0.1) is 0 Å². The maximum atomic E-state index is 11.9. The van der Waals surface area contributed by atoms with Gasteiger partial charge in [0.05, 0.1) is 7.05 Å². The van der Waals surface area contributed by atoms with Crippen molar-refractivity contribution in [1.29, 1.82) is 0 Å². The van der Waals surface area contributed by atoms with E-state index >= 15 is 0 Å². The number of aromatic amines is 1. The van der Waals surface area contributed by atoms with Gasteiger partial charge in [-0.05, 0) is 0 Å². The van der Waals surface area contributed by atoms with Gasteiger partial charge in [-0.2, -0.15) is 8.78 Å². The zero-order valence-corrected chi connectivity index (χ0v) is 6.98. The maximum Gasteiger partial charge on any atom is 0.379 e. The minimum absolute atomic E-state index is 0.488. The van der Waals surface area contributed by atoms with Crippen molar-refractivity contribution in [3.63, 3.8) is 0 Å². The molecule has 1 heterocycles. The van der Waals surface area contributed by atoms with Gasteiger partial charge in [0.25, 0.3) is 0 Å². The Morgan fingerprint density at radius 1 is 1.58 bits per heavy atom. The molecule has 0 spiro atoms. The molecule has 1 aromatic heterocycles. The summed E-state index contributed by atoms with van der Waals surface area (Å²) in [6.45, 7) is 0. The zero-order valence-electron chi connectivity index (χ0n) is 6.16. The van der Waals surface area contributed by atoms with Gasteiger partial charge in [0.15, 0.2) is 0 Å². The van der Waals surface area contributed by atoms with Crippen LogP contribution in [-0.2, 0) is 16.9 Å². The summed E-state index contributed by atoms with van der Waals surface area (Å²) in [4.78, 5) is 2.22. The van der Waals surface area contributed by atoms with Crippen LogP contribution in [0.3, 0.4) is 0 Å². The number of aromatic nitrogens is 2. The van der Waals surface area contributed by atoms with E-state index in [4.69, 9.17) is 0 Å². The van der Waals surface area contributed by atoms with Crippen LogP contribution in [-0.4, -0.2) is 19.2 Å². The lowest BCUT2D eigenvalue weighted by Crippen LogP contribution is -2.34. The highest BCUT2D eigenvalue weighted by molar-refractivity contribution is 7.91. The molecule has 0 atom stereocenters. The molecule has 1 rings (SSSR count). The first-order chi connectivity index (χ1) is 5.46. The summed E-state index contributed by atoms with van der Waals surface area (Å²) in [6, 6.07) is 0. The molecule has 0 fully saturated rings. The van der Waals surface area contributed by atoms with Gasteiger partial charge < -0.3 is 0 Å². The van der Waals surface area contributed by atoms with Crippen molar-refractivity contribution < 1.29 is 21.8 Å². The van der Waals surface area contributed by atoms with Crippen LogP contribution in [0.5, 0.6) is 0 Å². The fraction of sp³-hybridized carbons (Fsp3) is 0.400. The molecule has 0 aliphatic carbocycles. The number of rotatable bonds is 2. The number of halogens is 2. The van der Waals surface area contributed by atoms with Crippen LogP contribution in [0.4, 0.5) is 8.78 Å².